The summed E-state index contributed by atoms with van der Waals surface area (Å²) in [6, 6.07) is 3.54. The Morgan fingerprint density at radius 2 is 1.88 bits per heavy atom. The second-order valence-electron chi connectivity index (χ2n) is 6.15. The lowest BCUT2D eigenvalue weighted by Crippen LogP contribution is -2.38. The molecule has 0 unspecified atom stereocenters. The number of hydrogen-bond acceptors (Lipinski definition) is 5. The van der Waals surface area contributed by atoms with Gasteiger partial charge in [-0.25, -0.2) is 0 Å². The largest absolute Gasteiger partial charge is 0.468 e. The molecule has 1 aromatic carbocycles. The predicted molar refractivity (Wildman–Crippen MR) is 102 cm³/mol. The van der Waals surface area contributed by atoms with Crippen molar-refractivity contribution in [2.45, 2.75) is 34.1 Å². The molecule has 0 spiro atoms. The highest BCUT2D eigenvalue weighted by atomic mass is 35.5. The zero-order valence-corrected chi connectivity index (χ0v) is 16.8. The van der Waals surface area contributed by atoms with E-state index in [1.165, 1.54) is 12.0 Å². The second-order valence-corrected chi connectivity index (χ2v) is 7.59. The first kappa shape index (κ1) is 21.5. The quantitative estimate of drug-likeness (QED) is 0.668. The Bertz CT molecular complexity index is 661. The van der Waals surface area contributed by atoms with Crippen LogP contribution in [0.2, 0.25) is 5.02 Å². The average Bonchev–Trinajstić information content (AvgIpc) is 2.54. The highest BCUT2D eigenvalue weighted by molar-refractivity contribution is 8.14. The van der Waals surface area contributed by atoms with Crippen LogP contribution in [0.4, 0.5) is 5.69 Å². The molecule has 25 heavy (non-hydrogen) atoms. The molecule has 0 saturated heterocycles. The Kier molecular flexibility index (Phi) is 8.45. The van der Waals surface area contributed by atoms with Crippen LogP contribution in [-0.4, -0.2) is 36.4 Å². The number of anilines is 1. The van der Waals surface area contributed by atoms with Crippen LogP contribution < -0.4 is 4.90 Å². The summed E-state index contributed by atoms with van der Waals surface area (Å²) in [5, 5.41) is 0.465. The summed E-state index contributed by atoms with van der Waals surface area (Å²) in [6.07, 6.45) is 0.407. The van der Waals surface area contributed by atoms with Crippen LogP contribution in [0.25, 0.3) is 0 Å². The van der Waals surface area contributed by atoms with Crippen LogP contribution in [-0.2, 0) is 19.1 Å². The first-order chi connectivity index (χ1) is 11.7. The molecule has 1 aromatic rings. The van der Waals surface area contributed by atoms with E-state index in [-0.39, 0.29) is 29.2 Å². The minimum Gasteiger partial charge on any atom is -0.468 e. The molecular weight excluding hydrogens is 362 g/mol. The number of benzene rings is 1. The summed E-state index contributed by atoms with van der Waals surface area (Å²) in [5.41, 5.74) is 2.11. The highest BCUT2D eigenvalue weighted by Crippen LogP contribution is 2.31. The highest BCUT2D eigenvalue weighted by Gasteiger charge is 2.24. The molecule has 0 atom stereocenters. The summed E-state index contributed by atoms with van der Waals surface area (Å²) in [5.74, 6) is -0.668. The van der Waals surface area contributed by atoms with Gasteiger partial charge >= 0.3 is 5.97 Å². The first-order valence-corrected chi connectivity index (χ1v) is 9.32. The molecule has 0 heterocycles. The van der Waals surface area contributed by atoms with Crippen LogP contribution in [0.3, 0.4) is 0 Å². The van der Waals surface area contributed by atoms with Crippen LogP contribution >= 0.6 is 23.4 Å². The topological polar surface area (TPSA) is 63.7 Å². The monoisotopic (exact) mass is 385 g/mol. The minimum atomic E-state index is -0.536. The first-order valence-electron chi connectivity index (χ1n) is 7.95. The van der Waals surface area contributed by atoms with E-state index in [9.17, 15) is 14.4 Å². The van der Waals surface area contributed by atoms with Crippen molar-refractivity contribution in [1.29, 1.82) is 0 Å². The Morgan fingerprint density at radius 3 is 2.44 bits per heavy atom. The fourth-order valence-electron chi connectivity index (χ4n) is 2.32. The number of aryl methyl sites for hydroxylation is 1. The Balaban J connectivity index is 3.05. The van der Waals surface area contributed by atoms with Crippen LogP contribution in [0.15, 0.2) is 12.1 Å². The molecule has 138 valence electrons. The maximum Gasteiger partial charge on any atom is 0.325 e. The van der Waals surface area contributed by atoms with Gasteiger partial charge in [0.2, 0.25) is 5.91 Å². The third-order valence-electron chi connectivity index (χ3n) is 3.58. The normalized spacial score (nSPS) is 10.7. The third-order valence-corrected chi connectivity index (χ3v) is 4.87. The molecule has 1 rings (SSSR count). The zero-order chi connectivity index (χ0) is 19.1. The van der Waals surface area contributed by atoms with E-state index in [2.05, 4.69) is 0 Å². The SMILES string of the molecule is COC(=O)CN(C(=O)CSC(=O)CC(C)C)c1c(C)ccc(Cl)c1C. The molecule has 0 N–H and O–H groups in total. The van der Waals surface area contributed by atoms with Gasteiger partial charge in [0.25, 0.3) is 0 Å². The number of rotatable bonds is 7. The van der Waals surface area contributed by atoms with Crippen molar-refractivity contribution in [2.24, 2.45) is 5.92 Å². The van der Waals surface area contributed by atoms with Gasteiger partial charge in [-0.3, -0.25) is 19.3 Å². The van der Waals surface area contributed by atoms with E-state index in [0.717, 1.165) is 17.3 Å². The molecule has 0 aliphatic carbocycles. The molecule has 0 bridgehead atoms. The lowest BCUT2D eigenvalue weighted by molar-refractivity contribution is -0.139. The van der Waals surface area contributed by atoms with E-state index >= 15 is 0 Å². The number of carbonyl (C=O) groups excluding carboxylic acids is 3. The molecule has 5 nitrogen and oxygen atoms in total. The van der Waals surface area contributed by atoms with Crippen LogP contribution in [0.1, 0.15) is 31.4 Å². The number of nitrogens with zero attached hydrogens (tertiary/aromatic N) is 1. The van der Waals surface area contributed by atoms with Crippen LogP contribution in [0.5, 0.6) is 0 Å². The van der Waals surface area contributed by atoms with Gasteiger partial charge < -0.3 is 4.74 Å². The van der Waals surface area contributed by atoms with Gasteiger partial charge in [0, 0.05) is 11.4 Å². The Hall–Kier alpha value is -1.53. The molecule has 0 aliphatic rings. The number of esters is 1. The lowest BCUT2D eigenvalue weighted by atomic mass is 10.1. The van der Waals surface area contributed by atoms with Crippen molar-refractivity contribution in [3.05, 3.63) is 28.3 Å². The maximum atomic E-state index is 12.7. The molecule has 0 aromatic heterocycles. The molecule has 0 radical (unpaired) electrons. The predicted octanol–water partition coefficient (Wildman–Crippen LogP) is 3.77. The third kappa shape index (κ3) is 6.36. The second kappa shape index (κ2) is 9.82. The van der Waals surface area contributed by atoms with Crippen molar-refractivity contribution in [2.75, 3.05) is 24.3 Å². The molecule has 0 aliphatic heterocycles. The van der Waals surface area contributed by atoms with Gasteiger partial charge in [0.1, 0.15) is 6.54 Å². The number of methoxy groups -OCH3 is 1. The van der Waals surface area contributed by atoms with Gasteiger partial charge in [-0.05, 0) is 37.0 Å². The zero-order valence-electron chi connectivity index (χ0n) is 15.2. The van der Waals surface area contributed by atoms with Gasteiger partial charge in [0.15, 0.2) is 5.12 Å². The average molecular weight is 386 g/mol. The van der Waals surface area contributed by atoms with Gasteiger partial charge in [0.05, 0.1) is 18.6 Å². The Morgan fingerprint density at radius 1 is 1.24 bits per heavy atom. The minimum absolute atomic E-state index is 0.0338. The van der Waals surface area contributed by atoms with E-state index in [4.69, 9.17) is 16.3 Å². The molecule has 0 saturated carbocycles. The van der Waals surface area contributed by atoms with E-state index in [0.29, 0.717) is 22.7 Å². The van der Waals surface area contributed by atoms with Gasteiger partial charge in [-0.15, -0.1) is 0 Å². The summed E-state index contributed by atoms with van der Waals surface area (Å²) < 4.78 is 4.70. The van der Waals surface area contributed by atoms with Gasteiger partial charge in [-0.2, -0.15) is 0 Å². The van der Waals surface area contributed by atoms with Gasteiger partial charge in [-0.1, -0.05) is 43.3 Å². The lowest BCUT2D eigenvalue weighted by Gasteiger charge is -2.25. The van der Waals surface area contributed by atoms with E-state index in [1.54, 1.807) is 19.1 Å². The van der Waals surface area contributed by atoms with Crippen molar-refractivity contribution >= 4 is 46.0 Å². The molecule has 0 fully saturated rings. The fourth-order valence-corrected chi connectivity index (χ4v) is 3.37. The number of carbonyl (C=O) groups is 3. The van der Waals surface area contributed by atoms with Crippen molar-refractivity contribution in [3.63, 3.8) is 0 Å². The van der Waals surface area contributed by atoms with Crippen molar-refractivity contribution in [1.82, 2.24) is 0 Å². The standard InChI is InChI=1S/C18H24ClNO4S/c1-11(2)8-17(23)25-10-15(21)20(9-16(22)24-5)18-12(3)6-7-14(19)13(18)4/h6-7,11H,8-10H2,1-5H3. The van der Waals surface area contributed by atoms with Crippen LogP contribution in [0, 0.1) is 19.8 Å². The summed E-state index contributed by atoms with van der Waals surface area (Å²) in [6.45, 7) is 7.30. The summed E-state index contributed by atoms with van der Waals surface area (Å²) >= 11 is 7.15. The summed E-state index contributed by atoms with van der Waals surface area (Å²) in [4.78, 5) is 37.7. The number of amides is 1. The number of ether oxygens (including phenoxy) is 1. The fraction of sp³-hybridized carbons (Fsp3) is 0.500. The molecular formula is C18H24ClNO4S. The number of halogens is 1. The summed E-state index contributed by atoms with van der Waals surface area (Å²) in [7, 11) is 1.27. The Labute approximate surface area is 158 Å². The molecule has 1 amide bonds. The number of hydrogen-bond donors (Lipinski definition) is 0. The maximum absolute atomic E-state index is 12.7. The van der Waals surface area contributed by atoms with Crippen molar-refractivity contribution < 1.29 is 19.1 Å². The smallest absolute Gasteiger partial charge is 0.325 e. The molecule has 7 heteroatoms. The van der Waals surface area contributed by atoms with Crippen molar-refractivity contribution in [3.8, 4) is 0 Å². The van der Waals surface area contributed by atoms with E-state index in [1.807, 2.05) is 20.8 Å². The van der Waals surface area contributed by atoms with E-state index < -0.39 is 5.97 Å². The number of thioether (sulfide) groups is 1.